The smallest absolute Gasteiger partial charge is 0.125 e. The SMILES string of the molecule is N[C@H]1CCOc2cc(I)c(Br)cc21. The predicted molar refractivity (Wildman–Crippen MR) is 63.9 cm³/mol. The summed E-state index contributed by atoms with van der Waals surface area (Å²) in [5, 5.41) is 0. The lowest BCUT2D eigenvalue weighted by Gasteiger charge is -2.23. The Morgan fingerprint density at radius 2 is 2.31 bits per heavy atom. The minimum atomic E-state index is 0.122. The summed E-state index contributed by atoms with van der Waals surface area (Å²) in [6, 6.07) is 4.21. The van der Waals surface area contributed by atoms with Crippen LogP contribution in [0.3, 0.4) is 0 Å². The fourth-order valence-corrected chi connectivity index (χ4v) is 2.21. The minimum Gasteiger partial charge on any atom is -0.493 e. The lowest BCUT2D eigenvalue weighted by molar-refractivity contribution is 0.268. The van der Waals surface area contributed by atoms with Gasteiger partial charge in [0.2, 0.25) is 0 Å². The maximum Gasteiger partial charge on any atom is 0.125 e. The summed E-state index contributed by atoms with van der Waals surface area (Å²) < 4.78 is 7.77. The second-order valence-electron chi connectivity index (χ2n) is 3.05. The van der Waals surface area contributed by atoms with E-state index >= 15 is 0 Å². The molecule has 0 fully saturated rings. The van der Waals surface area contributed by atoms with Crippen LogP contribution in [0.2, 0.25) is 0 Å². The van der Waals surface area contributed by atoms with Crippen molar-refractivity contribution >= 4 is 38.5 Å². The summed E-state index contributed by atoms with van der Waals surface area (Å²) in [7, 11) is 0. The number of benzene rings is 1. The van der Waals surface area contributed by atoms with E-state index in [-0.39, 0.29) is 6.04 Å². The molecule has 0 amide bonds. The highest BCUT2D eigenvalue weighted by atomic mass is 127. The van der Waals surface area contributed by atoms with Crippen LogP contribution in [0.1, 0.15) is 18.0 Å². The summed E-state index contributed by atoms with van der Waals surface area (Å²) in [5.41, 5.74) is 7.07. The predicted octanol–water partition coefficient (Wildman–Crippen LogP) is 2.84. The van der Waals surface area contributed by atoms with Crippen LogP contribution >= 0.6 is 38.5 Å². The largest absolute Gasteiger partial charge is 0.493 e. The number of hydrogen-bond donors (Lipinski definition) is 1. The van der Waals surface area contributed by atoms with E-state index in [0.717, 1.165) is 32.4 Å². The van der Waals surface area contributed by atoms with Gasteiger partial charge in [-0.2, -0.15) is 0 Å². The molecule has 13 heavy (non-hydrogen) atoms. The average Bonchev–Trinajstić information content (AvgIpc) is 2.09. The van der Waals surface area contributed by atoms with Gasteiger partial charge in [-0.1, -0.05) is 0 Å². The molecule has 0 aromatic heterocycles. The summed E-state index contributed by atoms with van der Waals surface area (Å²) in [4.78, 5) is 0. The van der Waals surface area contributed by atoms with Gasteiger partial charge in [0.1, 0.15) is 5.75 Å². The van der Waals surface area contributed by atoms with Crippen LogP contribution in [-0.4, -0.2) is 6.61 Å². The van der Waals surface area contributed by atoms with Gasteiger partial charge < -0.3 is 10.5 Å². The molecule has 1 aromatic rings. The molecule has 0 unspecified atom stereocenters. The highest BCUT2D eigenvalue weighted by Crippen LogP contribution is 2.35. The van der Waals surface area contributed by atoms with Gasteiger partial charge in [-0.25, -0.2) is 0 Å². The third-order valence-electron chi connectivity index (χ3n) is 2.14. The van der Waals surface area contributed by atoms with Gasteiger partial charge in [0.15, 0.2) is 0 Å². The van der Waals surface area contributed by atoms with E-state index in [1.165, 1.54) is 0 Å². The summed E-state index contributed by atoms with van der Waals surface area (Å²) in [5.74, 6) is 0.936. The highest BCUT2D eigenvalue weighted by molar-refractivity contribution is 14.1. The zero-order valence-electron chi connectivity index (χ0n) is 6.89. The van der Waals surface area contributed by atoms with Crippen molar-refractivity contribution in [3.63, 3.8) is 0 Å². The Morgan fingerprint density at radius 1 is 1.54 bits per heavy atom. The molecule has 0 saturated carbocycles. The fraction of sp³-hybridized carbons (Fsp3) is 0.333. The lowest BCUT2D eigenvalue weighted by Crippen LogP contribution is -2.20. The Hall–Kier alpha value is 0.190. The molecule has 1 atom stereocenters. The number of ether oxygens (including phenoxy) is 1. The molecule has 1 aliphatic heterocycles. The Balaban J connectivity index is 2.52. The maximum absolute atomic E-state index is 5.96. The lowest BCUT2D eigenvalue weighted by atomic mass is 10.0. The van der Waals surface area contributed by atoms with Crippen molar-refractivity contribution in [2.75, 3.05) is 6.61 Å². The Bertz CT molecular complexity index is 343. The molecule has 0 aliphatic carbocycles. The van der Waals surface area contributed by atoms with Gasteiger partial charge in [0.25, 0.3) is 0 Å². The molecule has 1 heterocycles. The second-order valence-corrected chi connectivity index (χ2v) is 5.06. The topological polar surface area (TPSA) is 35.2 Å². The summed E-state index contributed by atoms with van der Waals surface area (Å²) in [6.07, 6.45) is 0.903. The van der Waals surface area contributed by atoms with Crippen molar-refractivity contribution in [3.05, 3.63) is 25.7 Å². The van der Waals surface area contributed by atoms with Crippen LogP contribution in [0.25, 0.3) is 0 Å². The molecular weight excluding hydrogens is 345 g/mol. The number of fused-ring (bicyclic) bond motifs is 1. The molecular formula is C9H9BrINO. The van der Waals surface area contributed by atoms with Gasteiger partial charge in [0.05, 0.1) is 6.61 Å². The van der Waals surface area contributed by atoms with Crippen molar-refractivity contribution in [2.45, 2.75) is 12.5 Å². The van der Waals surface area contributed by atoms with Gasteiger partial charge in [0, 0.05) is 26.1 Å². The standard InChI is InChI=1S/C9H9BrINO/c10-6-3-5-8(12)1-2-13-9(5)4-7(6)11/h3-4,8H,1-2,12H2/t8-/m0/s1. The van der Waals surface area contributed by atoms with E-state index in [1.807, 2.05) is 6.07 Å². The average molecular weight is 354 g/mol. The summed E-state index contributed by atoms with van der Waals surface area (Å²) in [6.45, 7) is 0.728. The molecule has 0 radical (unpaired) electrons. The molecule has 1 aromatic carbocycles. The first-order valence-electron chi connectivity index (χ1n) is 4.06. The molecule has 0 bridgehead atoms. The van der Waals surface area contributed by atoms with Crippen LogP contribution in [0.4, 0.5) is 0 Å². The Labute approximate surface area is 99.1 Å². The second kappa shape index (κ2) is 3.74. The number of nitrogens with two attached hydrogens (primary N) is 1. The molecule has 4 heteroatoms. The number of rotatable bonds is 0. The normalized spacial score (nSPS) is 20.7. The number of hydrogen-bond acceptors (Lipinski definition) is 2. The van der Waals surface area contributed by atoms with Crippen LogP contribution in [0.15, 0.2) is 16.6 Å². The Kier molecular flexibility index (Phi) is 2.80. The van der Waals surface area contributed by atoms with Gasteiger partial charge in [-0.05, 0) is 50.7 Å². The van der Waals surface area contributed by atoms with E-state index in [4.69, 9.17) is 10.5 Å². The van der Waals surface area contributed by atoms with Crippen molar-refractivity contribution in [2.24, 2.45) is 5.73 Å². The molecule has 2 nitrogen and oxygen atoms in total. The first-order valence-corrected chi connectivity index (χ1v) is 5.93. The van der Waals surface area contributed by atoms with Gasteiger partial charge in [-0.15, -0.1) is 0 Å². The van der Waals surface area contributed by atoms with Crippen LogP contribution in [-0.2, 0) is 0 Å². The van der Waals surface area contributed by atoms with Crippen molar-refractivity contribution in [1.82, 2.24) is 0 Å². The Morgan fingerprint density at radius 3 is 3.08 bits per heavy atom. The van der Waals surface area contributed by atoms with E-state index in [0.29, 0.717) is 0 Å². The molecule has 2 N–H and O–H groups in total. The molecule has 1 aliphatic rings. The fourth-order valence-electron chi connectivity index (χ4n) is 1.41. The van der Waals surface area contributed by atoms with Crippen molar-refractivity contribution in [1.29, 1.82) is 0 Å². The van der Waals surface area contributed by atoms with Gasteiger partial charge in [-0.3, -0.25) is 0 Å². The molecule has 2 rings (SSSR count). The molecule has 70 valence electrons. The van der Waals surface area contributed by atoms with Crippen molar-refractivity contribution in [3.8, 4) is 5.75 Å². The highest BCUT2D eigenvalue weighted by Gasteiger charge is 2.19. The number of halogens is 2. The van der Waals surface area contributed by atoms with E-state index in [2.05, 4.69) is 44.6 Å². The zero-order valence-corrected chi connectivity index (χ0v) is 10.6. The van der Waals surface area contributed by atoms with Crippen LogP contribution in [0, 0.1) is 3.57 Å². The van der Waals surface area contributed by atoms with E-state index in [9.17, 15) is 0 Å². The maximum atomic E-state index is 5.96. The monoisotopic (exact) mass is 353 g/mol. The third-order valence-corrected chi connectivity index (χ3v) is 4.43. The third kappa shape index (κ3) is 1.85. The molecule has 0 spiro atoms. The van der Waals surface area contributed by atoms with Crippen molar-refractivity contribution < 1.29 is 4.74 Å². The quantitative estimate of drug-likeness (QED) is 0.728. The van der Waals surface area contributed by atoms with E-state index in [1.54, 1.807) is 0 Å². The molecule has 0 saturated heterocycles. The minimum absolute atomic E-state index is 0.122. The summed E-state index contributed by atoms with van der Waals surface area (Å²) >= 11 is 5.75. The van der Waals surface area contributed by atoms with Crippen LogP contribution in [0.5, 0.6) is 5.75 Å². The first-order chi connectivity index (χ1) is 6.18. The zero-order chi connectivity index (χ0) is 9.42. The first kappa shape index (κ1) is 9.73. The van der Waals surface area contributed by atoms with Gasteiger partial charge >= 0.3 is 0 Å². The van der Waals surface area contributed by atoms with E-state index < -0.39 is 0 Å². The van der Waals surface area contributed by atoms with Crippen LogP contribution < -0.4 is 10.5 Å².